The molecule has 0 aliphatic heterocycles. The van der Waals surface area contributed by atoms with Crippen LogP contribution in [0.5, 0.6) is 0 Å². The predicted octanol–water partition coefficient (Wildman–Crippen LogP) is 1.74. The molecule has 0 aromatic carbocycles. The fourth-order valence-corrected chi connectivity index (χ4v) is 1.45. The number of carboxylic acids is 1. The van der Waals surface area contributed by atoms with Gasteiger partial charge in [0.05, 0.1) is 18.4 Å². The van der Waals surface area contributed by atoms with Gasteiger partial charge in [-0.3, -0.25) is 4.98 Å². The van der Waals surface area contributed by atoms with Crippen LogP contribution >= 0.6 is 0 Å². The zero-order chi connectivity index (χ0) is 13.0. The predicted molar refractivity (Wildman–Crippen MR) is 65.3 cm³/mol. The van der Waals surface area contributed by atoms with Crippen LogP contribution in [0, 0.1) is 0 Å². The molecule has 1 atom stereocenters. The number of hydrogen-bond acceptors (Lipinski definition) is 5. The van der Waals surface area contributed by atoms with E-state index in [1.807, 2.05) is 19.1 Å². The molecule has 6 heteroatoms. The summed E-state index contributed by atoms with van der Waals surface area (Å²) >= 11 is 0. The molecule has 0 bridgehead atoms. The van der Waals surface area contributed by atoms with E-state index in [9.17, 15) is 4.79 Å². The van der Waals surface area contributed by atoms with Gasteiger partial charge in [-0.1, -0.05) is 6.07 Å². The van der Waals surface area contributed by atoms with Gasteiger partial charge in [0.1, 0.15) is 5.82 Å². The van der Waals surface area contributed by atoms with Gasteiger partial charge >= 0.3 is 5.97 Å². The van der Waals surface area contributed by atoms with Crippen molar-refractivity contribution >= 4 is 11.8 Å². The van der Waals surface area contributed by atoms with E-state index in [0.717, 1.165) is 5.56 Å². The first-order valence-electron chi connectivity index (χ1n) is 5.38. The quantitative estimate of drug-likeness (QED) is 0.851. The first-order valence-corrected chi connectivity index (χ1v) is 5.38. The molecule has 0 aliphatic carbocycles. The Balaban J connectivity index is 2.08. The molecule has 0 radical (unpaired) electrons. The van der Waals surface area contributed by atoms with Crippen LogP contribution < -0.4 is 5.32 Å². The molecule has 1 unspecified atom stereocenters. The van der Waals surface area contributed by atoms with Gasteiger partial charge in [0.15, 0.2) is 5.69 Å². The van der Waals surface area contributed by atoms with Crippen LogP contribution in [0.25, 0.3) is 0 Å². The summed E-state index contributed by atoms with van der Waals surface area (Å²) in [6.07, 6.45) is 6.09. The molecule has 2 N–H and O–H groups in total. The summed E-state index contributed by atoms with van der Waals surface area (Å²) < 4.78 is 0. The maximum absolute atomic E-state index is 10.6. The van der Waals surface area contributed by atoms with Crippen LogP contribution in [0.3, 0.4) is 0 Å². The normalized spacial score (nSPS) is 11.8. The Labute approximate surface area is 104 Å². The van der Waals surface area contributed by atoms with E-state index in [2.05, 4.69) is 20.3 Å². The summed E-state index contributed by atoms with van der Waals surface area (Å²) in [5.41, 5.74) is 0.941. The Kier molecular flexibility index (Phi) is 3.47. The molecular weight excluding hydrogens is 232 g/mol. The highest BCUT2D eigenvalue weighted by Crippen LogP contribution is 2.15. The highest BCUT2D eigenvalue weighted by Gasteiger charge is 2.08. The molecule has 92 valence electrons. The van der Waals surface area contributed by atoms with E-state index in [-0.39, 0.29) is 11.7 Å². The van der Waals surface area contributed by atoms with Gasteiger partial charge in [0.2, 0.25) is 0 Å². The van der Waals surface area contributed by atoms with Gasteiger partial charge in [-0.05, 0) is 18.6 Å². The zero-order valence-corrected chi connectivity index (χ0v) is 9.74. The summed E-state index contributed by atoms with van der Waals surface area (Å²) in [5.74, 6) is -0.564. The third-order valence-electron chi connectivity index (χ3n) is 2.42. The molecule has 0 saturated carbocycles. The van der Waals surface area contributed by atoms with Crippen molar-refractivity contribution in [1.82, 2.24) is 15.0 Å². The lowest BCUT2D eigenvalue weighted by Crippen LogP contribution is -2.09. The molecule has 0 spiro atoms. The maximum Gasteiger partial charge on any atom is 0.356 e. The summed E-state index contributed by atoms with van der Waals surface area (Å²) in [4.78, 5) is 22.4. The van der Waals surface area contributed by atoms with Crippen LogP contribution in [0.2, 0.25) is 0 Å². The van der Waals surface area contributed by atoms with Crippen molar-refractivity contribution in [2.45, 2.75) is 13.0 Å². The van der Waals surface area contributed by atoms with Crippen LogP contribution in [-0.2, 0) is 0 Å². The van der Waals surface area contributed by atoms with Crippen molar-refractivity contribution in [1.29, 1.82) is 0 Å². The van der Waals surface area contributed by atoms with Gasteiger partial charge in [-0.15, -0.1) is 0 Å². The fourth-order valence-electron chi connectivity index (χ4n) is 1.45. The highest BCUT2D eigenvalue weighted by atomic mass is 16.4. The Morgan fingerprint density at radius 3 is 2.72 bits per heavy atom. The Bertz CT molecular complexity index is 528. The van der Waals surface area contributed by atoms with Crippen molar-refractivity contribution in [2.24, 2.45) is 0 Å². The molecule has 0 saturated heterocycles. The number of carboxylic acid groups (broad SMARTS) is 1. The lowest BCUT2D eigenvalue weighted by Gasteiger charge is -2.13. The topological polar surface area (TPSA) is 88.0 Å². The van der Waals surface area contributed by atoms with Gasteiger partial charge < -0.3 is 10.4 Å². The van der Waals surface area contributed by atoms with Crippen molar-refractivity contribution in [3.05, 3.63) is 48.2 Å². The average molecular weight is 244 g/mol. The lowest BCUT2D eigenvalue weighted by atomic mass is 10.1. The highest BCUT2D eigenvalue weighted by molar-refractivity contribution is 5.84. The van der Waals surface area contributed by atoms with Crippen molar-refractivity contribution in [3.8, 4) is 0 Å². The number of anilines is 1. The number of nitrogens with zero attached hydrogens (tertiary/aromatic N) is 3. The summed E-state index contributed by atoms with van der Waals surface area (Å²) in [6, 6.07) is 3.82. The molecule has 2 rings (SSSR count). The number of pyridine rings is 1. The molecule has 0 aliphatic rings. The number of hydrogen-bond donors (Lipinski definition) is 2. The van der Waals surface area contributed by atoms with E-state index in [4.69, 9.17) is 5.11 Å². The third kappa shape index (κ3) is 2.79. The summed E-state index contributed by atoms with van der Waals surface area (Å²) in [7, 11) is 0. The molecule has 0 fully saturated rings. The summed E-state index contributed by atoms with van der Waals surface area (Å²) in [6.45, 7) is 1.96. The van der Waals surface area contributed by atoms with Crippen molar-refractivity contribution in [2.75, 3.05) is 5.32 Å². The van der Waals surface area contributed by atoms with E-state index >= 15 is 0 Å². The molecule has 0 amide bonds. The number of aromatic nitrogens is 3. The molecule has 2 aromatic heterocycles. The summed E-state index contributed by atoms with van der Waals surface area (Å²) in [5, 5.41) is 11.8. The number of rotatable bonds is 4. The Hall–Kier alpha value is -2.50. The van der Waals surface area contributed by atoms with Gasteiger partial charge in [-0.25, -0.2) is 14.8 Å². The SMILES string of the molecule is CC(Nc1cnc(C(=O)O)cn1)c1cccnc1. The second kappa shape index (κ2) is 5.22. The molecule has 2 heterocycles. The van der Waals surface area contributed by atoms with Gasteiger partial charge in [-0.2, -0.15) is 0 Å². The Morgan fingerprint density at radius 1 is 1.33 bits per heavy atom. The average Bonchev–Trinajstić information content (AvgIpc) is 2.40. The van der Waals surface area contributed by atoms with E-state index in [1.165, 1.54) is 12.4 Å². The standard InChI is InChI=1S/C12H12N4O2/c1-8(9-3-2-4-13-5-9)16-11-7-14-10(6-15-11)12(17)18/h2-8H,1H3,(H,15,16)(H,17,18). The zero-order valence-electron chi connectivity index (χ0n) is 9.74. The first kappa shape index (κ1) is 12.0. The second-order valence-corrected chi connectivity index (χ2v) is 3.74. The molecule has 2 aromatic rings. The lowest BCUT2D eigenvalue weighted by molar-refractivity contribution is 0.0690. The minimum atomic E-state index is -1.09. The van der Waals surface area contributed by atoms with E-state index < -0.39 is 5.97 Å². The van der Waals surface area contributed by atoms with Crippen molar-refractivity contribution < 1.29 is 9.90 Å². The number of nitrogens with one attached hydrogen (secondary N) is 1. The maximum atomic E-state index is 10.6. The Morgan fingerprint density at radius 2 is 2.17 bits per heavy atom. The van der Waals surface area contributed by atoms with Gasteiger partial charge in [0, 0.05) is 12.4 Å². The molecular formula is C12H12N4O2. The second-order valence-electron chi connectivity index (χ2n) is 3.74. The van der Waals surface area contributed by atoms with E-state index in [0.29, 0.717) is 5.82 Å². The molecule has 18 heavy (non-hydrogen) atoms. The molecule has 6 nitrogen and oxygen atoms in total. The van der Waals surface area contributed by atoms with Crippen LogP contribution in [0.1, 0.15) is 29.0 Å². The smallest absolute Gasteiger partial charge is 0.356 e. The van der Waals surface area contributed by atoms with E-state index in [1.54, 1.807) is 12.4 Å². The monoisotopic (exact) mass is 244 g/mol. The number of aromatic carboxylic acids is 1. The number of carbonyl (C=O) groups is 1. The third-order valence-corrected chi connectivity index (χ3v) is 2.42. The van der Waals surface area contributed by atoms with Crippen LogP contribution in [0.4, 0.5) is 5.82 Å². The minimum absolute atomic E-state index is 0.0173. The largest absolute Gasteiger partial charge is 0.476 e. The van der Waals surface area contributed by atoms with Crippen molar-refractivity contribution in [3.63, 3.8) is 0 Å². The first-order chi connectivity index (χ1) is 8.66. The van der Waals surface area contributed by atoms with Crippen LogP contribution in [0.15, 0.2) is 36.9 Å². The van der Waals surface area contributed by atoms with Gasteiger partial charge in [0.25, 0.3) is 0 Å². The fraction of sp³-hybridized carbons (Fsp3) is 0.167. The minimum Gasteiger partial charge on any atom is -0.476 e. The van der Waals surface area contributed by atoms with Crippen LogP contribution in [-0.4, -0.2) is 26.0 Å².